The third-order valence-electron chi connectivity index (χ3n) is 3.08. The monoisotopic (exact) mass is 261 g/mol. The molecule has 0 amide bonds. The van der Waals surface area contributed by atoms with Gasteiger partial charge in [-0.25, -0.2) is 4.98 Å². The normalized spacial score (nSPS) is 11.4. The molecule has 0 aliphatic heterocycles. The molecule has 0 atom stereocenters. The standard InChI is InChI=1S/C12H15N5S/c1-9-11(17-5-6-18-12(17)15-9)8-13-7-10-3-4-14-16(10)2/h3-6,13H,7-8H2,1-2H3. The van der Waals surface area contributed by atoms with Crippen LogP contribution in [-0.2, 0) is 20.1 Å². The van der Waals surface area contributed by atoms with Gasteiger partial charge >= 0.3 is 0 Å². The van der Waals surface area contributed by atoms with Crippen molar-refractivity contribution in [2.24, 2.45) is 7.05 Å². The van der Waals surface area contributed by atoms with E-state index >= 15 is 0 Å². The SMILES string of the molecule is Cc1nc2sccn2c1CNCc1ccnn1C. The second-order valence-electron chi connectivity index (χ2n) is 4.25. The quantitative estimate of drug-likeness (QED) is 0.778. The number of nitrogens with one attached hydrogen (secondary N) is 1. The molecule has 94 valence electrons. The summed E-state index contributed by atoms with van der Waals surface area (Å²) < 4.78 is 4.03. The maximum atomic E-state index is 4.53. The number of aryl methyl sites for hydroxylation is 2. The van der Waals surface area contributed by atoms with Crippen LogP contribution in [0.1, 0.15) is 17.1 Å². The van der Waals surface area contributed by atoms with Gasteiger partial charge < -0.3 is 5.32 Å². The van der Waals surface area contributed by atoms with Crippen LogP contribution in [0.25, 0.3) is 4.96 Å². The largest absolute Gasteiger partial charge is 0.306 e. The van der Waals surface area contributed by atoms with E-state index in [-0.39, 0.29) is 0 Å². The highest BCUT2D eigenvalue weighted by atomic mass is 32.1. The smallest absolute Gasteiger partial charge is 0.194 e. The highest BCUT2D eigenvalue weighted by Crippen LogP contribution is 2.16. The van der Waals surface area contributed by atoms with Crippen molar-refractivity contribution in [1.82, 2.24) is 24.5 Å². The summed E-state index contributed by atoms with van der Waals surface area (Å²) in [5.74, 6) is 0. The number of thiazole rings is 1. The fourth-order valence-electron chi connectivity index (χ4n) is 2.04. The van der Waals surface area contributed by atoms with E-state index in [2.05, 4.69) is 38.3 Å². The maximum Gasteiger partial charge on any atom is 0.194 e. The summed E-state index contributed by atoms with van der Waals surface area (Å²) in [6.07, 6.45) is 3.89. The van der Waals surface area contributed by atoms with Crippen LogP contribution >= 0.6 is 11.3 Å². The van der Waals surface area contributed by atoms with Crippen LogP contribution in [0.4, 0.5) is 0 Å². The number of hydrogen-bond acceptors (Lipinski definition) is 4. The van der Waals surface area contributed by atoms with E-state index in [1.54, 1.807) is 11.3 Å². The van der Waals surface area contributed by atoms with E-state index in [0.29, 0.717) is 0 Å². The second-order valence-corrected chi connectivity index (χ2v) is 5.12. The Morgan fingerprint density at radius 3 is 3.06 bits per heavy atom. The zero-order valence-electron chi connectivity index (χ0n) is 10.4. The van der Waals surface area contributed by atoms with Crippen LogP contribution in [-0.4, -0.2) is 19.2 Å². The van der Waals surface area contributed by atoms with Gasteiger partial charge in [-0.3, -0.25) is 9.08 Å². The van der Waals surface area contributed by atoms with Crippen molar-refractivity contribution < 1.29 is 0 Å². The fourth-order valence-corrected chi connectivity index (χ4v) is 2.82. The molecule has 3 aromatic heterocycles. The number of imidazole rings is 1. The Morgan fingerprint density at radius 1 is 1.39 bits per heavy atom. The minimum absolute atomic E-state index is 0.813. The lowest BCUT2D eigenvalue weighted by atomic mass is 10.3. The molecule has 0 unspecified atom stereocenters. The Kier molecular flexibility index (Phi) is 2.89. The molecule has 1 N–H and O–H groups in total. The summed E-state index contributed by atoms with van der Waals surface area (Å²) in [6.45, 7) is 3.68. The van der Waals surface area contributed by atoms with Crippen molar-refractivity contribution in [3.05, 3.63) is 40.9 Å². The highest BCUT2D eigenvalue weighted by molar-refractivity contribution is 7.15. The van der Waals surface area contributed by atoms with E-state index in [1.165, 1.54) is 11.4 Å². The Labute approximate surface area is 109 Å². The van der Waals surface area contributed by atoms with E-state index in [0.717, 1.165) is 23.7 Å². The summed E-state index contributed by atoms with van der Waals surface area (Å²) in [7, 11) is 1.96. The molecular formula is C12H15N5S. The van der Waals surface area contributed by atoms with E-state index in [1.807, 2.05) is 24.0 Å². The van der Waals surface area contributed by atoms with Crippen molar-refractivity contribution in [2.45, 2.75) is 20.0 Å². The average Bonchev–Trinajstić information content (AvgIpc) is 2.99. The first-order valence-corrected chi connectivity index (χ1v) is 6.72. The Balaban J connectivity index is 1.71. The van der Waals surface area contributed by atoms with Gasteiger partial charge in [0.05, 0.1) is 17.1 Å². The van der Waals surface area contributed by atoms with Gasteiger partial charge in [0.25, 0.3) is 0 Å². The van der Waals surface area contributed by atoms with Crippen LogP contribution in [0.15, 0.2) is 23.8 Å². The Bertz CT molecular complexity index is 663. The fraction of sp³-hybridized carbons (Fsp3) is 0.333. The van der Waals surface area contributed by atoms with Crippen LogP contribution in [0.5, 0.6) is 0 Å². The molecule has 3 heterocycles. The zero-order chi connectivity index (χ0) is 12.5. The molecule has 5 nitrogen and oxygen atoms in total. The van der Waals surface area contributed by atoms with Crippen LogP contribution in [0.3, 0.4) is 0 Å². The van der Waals surface area contributed by atoms with Gasteiger partial charge in [-0.05, 0) is 13.0 Å². The molecule has 3 aromatic rings. The molecule has 3 rings (SSSR count). The third-order valence-corrected chi connectivity index (χ3v) is 3.84. The molecule has 0 radical (unpaired) electrons. The molecule has 0 spiro atoms. The molecule has 0 fully saturated rings. The van der Waals surface area contributed by atoms with Crippen molar-refractivity contribution in [1.29, 1.82) is 0 Å². The molecule has 6 heteroatoms. The summed E-state index contributed by atoms with van der Waals surface area (Å²) >= 11 is 1.67. The minimum Gasteiger partial charge on any atom is -0.306 e. The van der Waals surface area contributed by atoms with Gasteiger partial charge in [-0.1, -0.05) is 0 Å². The van der Waals surface area contributed by atoms with Crippen LogP contribution in [0.2, 0.25) is 0 Å². The van der Waals surface area contributed by atoms with Gasteiger partial charge in [0.1, 0.15) is 0 Å². The van der Waals surface area contributed by atoms with Gasteiger partial charge in [0.15, 0.2) is 4.96 Å². The zero-order valence-corrected chi connectivity index (χ0v) is 11.2. The number of nitrogens with zero attached hydrogens (tertiary/aromatic N) is 4. The first kappa shape index (κ1) is 11.4. The molecule has 0 aromatic carbocycles. The van der Waals surface area contributed by atoms with Crippen molar-refractivity contribution in [3.8, 4) is 0 Å². The summed E-state index contributed by atoms with van der Waals surface area (Å²) in [4.78, 5) is 5.59. The molecule has 0 saturated carbocycles. The maximum absolute atomic E-state index is 4.53. The van der Waals surface area contributed by atoms with Gasteiger partial charge in [0, 0.05) is 37.9 Å². The first-order valence-electron chi connectivity index (χ1n) is 5.84. The van der Waals surface area contributed by atoms with Crippen LogP contribution < -0.4 is 5.32 Å². The summed E-state index contributed by atoms with van der Waals surface area (Å²) in [5.41, 5.74) is 3.51. The summed E-state index contributed by atoms with van der Waals surface area (Å²) in [6, 6.07) is 2.02. The van der Waals surface area contributed by atoms with E-state index < -0.39 is 0 Å². The lowest BCUT2D eigenvalue weighted by Crippen LogP contribution is -2.16. The van der Waals surface area contributed by atoms with Crippen molar-refractivity contribution in [2.75, 3.05) is 0 Å². The predicted molar refractivity (Wildman–Crippen MR) is 71.6 cm³/mol. The number of aromatic nitrogens is 4. The van der Waals surface area contributed by atoms with E-state index in [9.17, 15) is 0 Å². The van der Waals surface area contributed by atoms with Gasteiger partial charge in [-0.15, -0.1) is 11.3 Å². The van der Waals surface area contributed by atoms with Gasteiger partial charge in [0.2, 0.25) is 0 Å². The average molecular weight is 261 g/mol. The predicted octanol–water partition coefficient (Wildman–Crippen LogP) is 1.73. The summed E-state index contributed by atoms with van der Waals surface area (Å²) in [5, 5.41) is 9.65. The Morgan fingerprint density at radius 2 is 2.28 bits per heavy atom. The number of rotatable bonds is 4. The topological polar surface area (TPSA) is 47.1 Å². The lowest BCUT2D eigenvalue weighted by Gasteiger charge is -2.05. The van der Waals surface area contributed by atoms with Gasteiger partial charge in [-0.2, -0.15) is 5.10 Å². The second kappa shape index (κ2) is 4.55. The lowest BCUT2D eigenvalue weighted by molar-refractivity contribution is 0.616. The highest BCUT2D eigenvalue weighted by Gasteiger charge is 2.09. The number of hydrogen-bond donors (Lipinski definition) is 1. The molecule has 18 heavy (non-hydrogen) atoms. The minimum atomic E-state index is 0.813. The van der Waals surface area contributed by atoms with Crippen LogP contribution in [0, 0.1) is 6.92 Å². The molecule has 0 aliphatic carbocycles. The Hall–Kier alpha value is -1.66. The molecular weight excluding hydrogens is 246 g/mol. The third kappa shape index (κ3) is 1.93. The molecule has 0 saturated heterocycles. The first-order chi connectivity index (χ1) is 8.75. The van der Waals surface area contributed by atoms with Crippen molar-refractivity contribution in [3.63, 3.8) is 0 Å². The number of fused-ring (bicyclic) bond motifs is 1. The van der Waals surface area contributed by atoms with E-state index in [4.69, 9.17) is 0 Å². The molecule has 0 aliphatic rings. The molecule has 0 bridgehead atoms. The van der Waals surface area contributed by atoms with Crippen molar-refractivity contribution >= 4 is 16.3 Å².